The third kappa shape index (κ3) is 5.83. The van der Waals surface area contributed by atoms with Gasteiger partial charge in [-0.25, -0.2) is 4.79 Å². The SMILES string of the molecule is CN(C)CC(NC(=O)/C=C/C(=O)O)c1ccccc1. The van der Waals surface area contributed by atoms with Crippen molar-refractivity contribution in [2.24, 2.45) is 0 Å². The molecule has 5 heteroatoms. The van der Waals surface area contributed by atoms with Crippen LogP contribution < -0.4 is 5.32 Å². The van der Waals surface area contributed by atoms with Crippen molar-refractivity contribution >= 4 is 11.9 Å². The van der Waals surface area contributed by atoms with Gasteiger partial charge in [0, 0.05) is 18.7 Å². The van der Waals surface area contributed by atoms with Crippen molar-refractivity contribution in [3.63, 3.8) is 0 Å². The zero-order chi connectivity index (χ0) is 14.3. The van der Waals surface area contributed by atoms with E-state index in [0.717, 1.165) is 17.7 Å². The van der Waals surface area contributed by atoms with Crippen LogP contribution in [0.5, 0.6) is 0 Å². The number of nitrogens with zero attached hydrogens (tertiary/aromatic N) is 1. The molecule has 1 aromatic carbocycles. The number of nitrogens with one attached hydrogen (secondary N) is 1. The number of carboxylic acids is 1. The summed E-state index contributed by atoms with van der Waals surface area (Å²) in [5.74, 6) is -1.56. The third-order valence-corrected chi connectivity index (χ3v) is 2.44. The van der Waals surface area contributed by atoms with Crippen LogP contribution in [0.2, 0.25) is 0 Å². The topological polar surface area (TPSA) is 69.6 Å². The van der Waals surface area contributed by atoms with Gasteiger partial charge in [-0.3, -0.25) is 4.79 Å². The molecule has 0 radical (unpaired) electrons. The fourth-order valence-corrected chi connectivity index (χ4v) is 1.65. The lowest BCUT2D eigenvalue weighted by atomic mass is 10.1. The Bertz CT molecular complexity index is 455. The number of carboxylic acid groups (broad SMARTS) is 1. The standard InChI is InChI=1S/C14H18N2O3/c1-16(2)10-12(11-6-4-3-5-7-11)15-13(17)8-9-14(18)19/h3-9,12H,10H2,1-2H3,(H,15,17)(H,18,19)/b9-8+. The quantitative estimate of drug-likeness (QED) is 0.752. The molecule has 0 saturated carbocycles. The lowest BCUT2D eigenvalue weighted by molar-refractivity contribution is -0.131. The maximum atomic E-state index is 11.6. The van der Waals surface area contributed by atoms with Gasteiger partial charge < -0.3 is 15.3 Å². The van der Waals surface area contributed by atoms with Crippen molar-refractivity contribution in [2.45, 2.75) is 6.04 Å². The smallest absolute Gasteiger partial charge is 0.328 e. The Balaban J connectivity index is 2.76. The molecule has 1 aromatic rings. The van der Waals surface area contributed by atoms with E-state index >= 15 is 0 Å². The summed E-state index contributed by atoms with van der Waals surface area (Å²) in [6.45, 7) is 0.636. The first-order valence-corrected chi connectivity index (χ1v) is 5.90. The van der Waals surface area contributed by atoms with Crippen LogP contribution in [0.3, 0.4) is 0 Å². The summed E-state index contributed by atoms with van der Waals surface area (Å²) in [6.07, 6.45) is 1.85. The predicted molar refractivity (Wildman–Crippen MR) is 72.7 cm³/mol. The van der Waals surface area contributed by atoms with Crippen LogP contribution >= 0.6 is 0 Å². The van der Waals surface area contributed by atoms with Gasteiger partial charge in [-0.05, 0) is 19.7 Å². The van der Waals surface area contributed by atoms with Gasteiger partial charge in [0.2, 0.25) is 5.91 Å². The van der Waals surface area contributed by atoms with Crippen LogP contribution in [0.25, 0.3) is 0 Å². The molecule has 1 atom stereocenters. The Hall–Kier alpha value is -2.14. The fraction of sp³-hybridized carbons (Fsp3) is 0.286. The van der Waals surface area contributed by atoms with Gasteiger partial charge >= 0.3 is 5.97 Å². The summed E-state index contributed by atoms with van der Waals surface area (Å²) in [7, 11) is 3.82. The average Bonchev–Trinajstić information content (AvgIpc) is 2.36. The molecule has 1 rings (SSSR count). The summed E-state index contributed by atoms with van der Waals surface area (Å²) in [4.78, 5) is 24.0. The normalized spacial score (nSPS) is 12.6. The van der Waals surface area contributed by atoms with Gasteiger partial charge in [-0.2, -0.15) is 0 Å². The van der Waals surface area contributed by atoms with Crippen molar-refractivity contribution in [3.05, 3.63) is 48.0 Å². The number of carbonyl (C=O) groups excluding carboxylic acids is 1. The van der Waals surface area contributed by atoms with Crippen molar-refractivity contribution in [3.8, 4) is 0 Å². The maximum absolute atomic E-state index is 11.6. The highest BCUT2D eigenvalue weighted by Crippen LogP contribution is 2.13. The lowest BCUT2D eigenvalue weighted by Gasteiger charge is -2.22. The number of benzene rings is 1. The van der Waals surface area contributed by atoms with E-state index in [-0.39, 0.29) is 6.04 Å². The Morgan fingerprint density at radius 2 is 1.89 bits per heavy atom. The van der Waals surface area contributed by atoms with Gasteiger partial charge in [-0.1, -0.05) is 30.3 Å². The predicted octanol–water partition coefficient (Wildman–Crippen LogP) is 1.05. The minimum atomic E-state index is -1.14. The number of carbonyl (C=O) groups is 2. The second-order valence-electron chi connectivity index (χ2n) is 4.41. The first-order valence-electron chi connectivity index (χ1n) is 5.90. The Labute approximate surface area is 112 Å². The summed E-state index contributed by atoms with van der Waals surface area (Å²) in [5, 5.41) is 11.3. The minimum absolute atomic E-state index is 0.179. The molecule has 0 aromatic heterocycles. The van der Waals surface area contributed by atoms with Crippen LogP contribution in [0.1, 0.15) is 11.6 Å². The molecular formula is C14H18N2O3. The van der Waals surface area contributed by atoms with E-state index in [1.165, 1.54) is 0 Å². The highest BCUT2D eigenvalue weighted by molar-refractivity contribution is 5.94. The largest absolute Gasteiger partial charge is 0.478 e. The van der Waals surface area contributed by atoms with Crippen LogP contribution in [0.15, 0.2) is 42.5 Å². The fourth-order valence-electron chi connectivity index (χ4n) is 1.65. The minimum Gasteiger partial charge on any atom is -0.478 e. The van der Waals surface area contributed by atoms with Gasteiger partial charge in [-0.15, -0.1) is 0 Å². The summed E-state index contributed by atoms with van der Waals surface area (Å²) in [6, 6.07) is 9.38. The zero-order valence-electron chi connectivity index (χ0n) is 11.0. The van der Waals surface area contributed by atoms with Gasteiger partial charge in [0.15, 0.2) is 0 Å². The highest BCUT2D eigenvalue weighted by atomic mass is 16.4. The van der Waals surface area contributed by atoms with E-state index in [0.29, 0.717) is 6.54 Å². The molecule has 0 bridgehead atoms. The lowest BCUT2D eigenvalue weighted by Crippen LogP contribution is -2.34. The summed E-state index contributed by atoms with van der Waals surface area (Å²) >= 11 is 0. The Morgan fingerprint density at radius 1 is 1.26 bits per heavy atom. The number of rotatable bonds is 6. The molecule has 0 aliphatic carbocycles. The van der Waals surface area contributed by atoms with E-state index in [1.54, 1.807) is 0 Å². The van der Waals surface area contributed by atoms with Crippen molar-refractivity contribution in [1.82, 2.24) is 10.2 Å². The zero-order valence-corrected chi connectivity index (χ0v) is 11.0. The van der Waals surface area contributed by atoms with Gasteiger partial charge in [0.1, 0.15) is 0 Å². The second kappa shape index (κ2) is 7.33. The first-order chi connectivity index (χ1) is 8.99. The number of amides is 1. The molecule has 0 saturated heterocycles. The van der Waals surface area contributed by atoms with Crippen molar-refractivity contribution in [1.29, 1.82) is 0 Å². The van der Waals surface area contributed by atoms with E-state index in [2.05, 4.69) is 5.32 Å². The number of likely N-dealkylation sites (N-methyl/N-ethyl adjacent to an activating group) is 1. The average molecular weight is 262 g/mol. The van der Waals surface area contributed by atoms with Crippen molar-refractivity contribution in [2.75, 3.05) is 20.6 Å². The molecule has 5 nitrogen and oxygen atoms in total. The van der Waals surface area contributed by atoms with Crippen molar-refractivity contribution < 1.29 is 14.7 Å². The summed E-state index contributed by atoms with van der Waals surface area (Å²) in [5.41, 5.74) is 0.980. The molecule has 1 unspecified atom stereocenters. The van der Waals surface area contributed by atoms with E-state index < -0.39 is 11.9 Å². The van der Waals surface area contributed by atoms with Crippen LogP contribution in [0.4, 0.5) is 0 Å². The van der Waals surface area contributed by atoms with Crippen LogP contribution in [-0.4, -0.2) is 42.5 Å². The summed E-state index contributed by atoms with van der Waals surface area (Å²) < 4.78 is 0. The Kier molecular flexibility index (Phi) is 5.75. The van der Waals surface area contributed by atoms with Crippen LogP contribution in [0, 0.1) is 0 Å². The molecule has 0 spiro atoms. The molecule has 0 aliphatic heterocycles. The van der Waals surface area contributed by atoms with E-state index in [9.17, 15) is 9.59 Å². The first kappa shape index (κ1) is 14.9. The Morgan fingerprint density at radius 3 is 2.42 bits per heavy atom. The number of hydrogen-bond acceptors (Lipinski definition) is 3. The monoisotopic (exact) mass is 262 g/mol. The van der Waals surface area contributed by atoms with Gasteiger partial charge in [0.05, 0.1) is 6.04 Å². The molecule has 0 aliphatic rings. The maximum Gasteiger partial charge on any atom is 0.328 e. The molecule has 19 heavy (non-hydrogen) atoms. The molecule has 1 amide bonds. The van der Waals surface area contributed by atoms with E-state index in [4.69, 9.17) is 5.11 Å². The highest BCUT2D eigenvalue weighted by Gasteiger charge is 2.13. The third-order valence-electron chi connectivity index (χ3n) is 2.44. The molecule has 0 fully saturated rings. The van der Waals surface area contributed by atoms with Gasteiger partial charge in [0.25, 0.3) is 0 Å². The number of hydrogen-bond donors (Lipinski definition) is 2. The molecule has 0 heterocycles. The molecular weight excluding hydrogens is 244 g/mol. The van der Waals surface area contributed by atoms with Crippen LogP contribution in [-0.2, 0) is 9.59 Å². The second-order valence-corrected chi connectivity index (χ2v) is 4.41. The van der Waals surface area contributed by atoms with E-state index in [1.807, 2.05) is 49.3 Å². The number of aliphatic carboxylic acids is 1. The molecule has 2 N–H and O–H groups in total. The molecule has 102 valence electrons.